The monoisotopic (exact) mass is 315 g/mol. The van der Waals surface area contributed by atoms with Crippen LogP contribution < -0.4 is 10.9 Å². The number of anilines is 1. The van der Waals surface area contributed by atoms with E-state index in [0.717, 1.165) is 44.5 Å². The smallest absolute Gasteiger partial charge is 0.260 e. The number of nitrogens with zero attached hydrogens (tertiary/aromatic N) is 3. The van der Waals surface area contributed by atoms with Crippen LogP contribution in [0.2, 0.25) is 0 Å². The summed E-state index contributed by atoms with van der Waals surface area (Å²) in [7, 11) is 4.21. The number of nitrogens with one attached hydrogen (secondary N) is 2. The number of benzene rings is 1. The molecule has 0 radical (unpaired) electrons. The molecule has 1 aliphatic heterocycles. The highest BCUT2D eigenvalue weighted by Crippen LogP contribution is 2.15. The van der Waals surface area contributed by atoms with Crippen molar-refractivity contribution in [3.63, 3.8) is 0 Å². The van der Waals surface area contributed by atoms with Crippen LogP contribution in [0, 0.1) is 0 Å². The van der Waals surface area contributed by atoms with Crippen LogP contribution in [0.15, 0.2) is 29.1 Å². The first kappa shape index (κ1) is 16.0. The van der Waals surface area contributed by atoms with Gasteiger partial charge in [-0.25, -0.2) is 4.98 Å². The molecule has 1 saturated heterocycles. The molecule has 6 heteroatoms. The maximum atomic E-state index is 12.1. The van der Waals surface area contributed by atoms with Gasteiger partial charge in [-0.1, -0.05) is 12.1 Å². The van der Waals surface area contributed by atoms with E-state index in [4.69, 9.17) is 0 Å². The lowest BCUT2D eigenvalue weighted by molar-refractivity contribution is 0.199. The Morgan fingerprint density at radius 3 is 2.78 bits per heavy atom. The molecular weight excluding hydrogens is 290 g/mol. The summed E-state index contributed by atoms with van der Waals surface area (Å²) in [5.74, 6) is 0.584. The predicted molar refractivity (Wildman–Crippen MR) is 94.0 cm³/mol. The second-order valence-electron chi connectivity index (χ2n) is 6.50. The summed E-state index contributed by atoms with van der Waals surface area (Å²) >= 11 is 0. The van der Waals surface area contributed by atoms with Gasteiger partial charge in [-0.05, 0) is 39.1 Å². The maximum absolute atomic E-state index is 12.1. The number of para-hydroxylation sites is 1. The van der Waals surface area contributed by atoms with E-state index in [1.807, 2.05) is 18.2 Å². The predicted octanol–water partition coefficient (Wildman–Crippen LogP) is 1.36. The van der Waals surface area contributed by atoms with Crippen LogP contribution in [0.25, 0.3) is 10.9 Å². The van der Waals surface area contributed by atoms with E-state index >= 15 is 0 Å². The number of likely N-dealkylation sites (tertiary alicyclic amines) is 1. The van der Waals surface area contributed by atoms with Gasteiger partial charge in [-0.15, -0.1) is 0 Å². The fraction of sp³-hybridized carbons (Fsp3) is 0.529. The quantitative estimate of drug-likeness (QED) is 0.872. The van der Waals surface area contributed by atoms with Crippen LogP contribution >= 0.6 is 0 Å². The molecule has 124 valence electrons. The van der Waals surface area contributed by atoms with E-state index in [1.54, 1.807) is 6.07 Å². The van der Waals surface area contributed by atoms with E-state index in [9.17, 15) is 4.79 Å². The van der Waals surface area contributed by atoms with Crippen molar-refractivity contribution < 1.29 is 0 Å². The Morgan fingerprint density at radius 2 is 2.04 bits per heavy atom. The zero-order valence-electron chi connectivity index (χ0n) is 13.9. The van der Waals surface area contributed by atoms with Gasteiger partial charge in [0.1, 0.15) is 0 Å². The van der Waals surface area contributed by atoms with Crippen LogP contribution in [0.3, 0.4) is 0 Å². The molecule has 1 aromatic heterocycles. The molecule has 3 rings (SSSR count). The lowest BCUT2D eigenvalue weighted by atomic mass is 10.1. The number of hydrogen-bond donors (Lipinski definition) is 2. The number of fused-ring (bicyclic) bond motifs is 1. The summed E-state index contributed by atoms with van der Waals surface area (Å²) in [6, 6.07) is 7.81. The van der Waals surface area contributed by atoms with Gasteiger partial charge in [0.25, 0.3) is 5.56 Å². The van der Waals surface area contributed by atoms with Crippen LogP contribution in [-0.2, 0) is 0 Å². The number of rotatable bonds is 5. The van der Waals surface area contributed by atoms with Crippen LogP contribution in [0.1, 0.15) is 12.8 Å². The fourth-order valence-corrected chi connectivity index (χ4v) is 2.99. The van der Waals surface area contributed by atoms with Gasteiger partial charge in [-0.3, -0.25) is 9.78 Å². The molecule has 2 N–H and O–H groups in total. The molecule has 0 amide bonds. The minimum Gasteiger partial charge on any atom is -0.353 e. The second-order valence-corrected chi connectivity index (χ2v) is 6.50. The molecular formula is C17H25N5O. The van der Waals surface area contributed by atoms with Gasteiger partial charge < -0.3 is 15.1 Å². The van der Waals surface area contributed by atoms with Crippen molar-refractivity contribution in [1.29, 1.82) is 0 Å². The molecule has 0 aliphatic carbocycles. The van der Waals surface area contributed by atoms with Crippen LogP contribution in [0.5, 0.6) is 0 Å². The number of piperidine rings is 1. The Bertz CT molecular complexity index is 703. The van der Waals surface area contributed by atoms with Gasteiger partial charge >= 0.3 is 0 Å². The van der Waals surface area contributed by atoms with Crippen molar-refractivity contribution in [2.75, 3.05) is 45.6 Å². The van der Waals surface area contributed by atoms with Crippen molar-refractivity contribution in [3.05, 3.63) is 34.6 Å². The Hall–Kier alpha value is -1.92. The third-order valence-corrected chi connectivity index (χ3v) is 4.40. The van der Waals surface area contributed by atoms with Gasteiger partial charge in [0, 0.05) is 32.2 Å². The highest BCUT2D eigenvalue weighted by Gasteiger charge is 2.19. The average Bonchev–Trinajstić information content (AvgIpc) is 2.54. The number of likely N-dealkylation sites (N-methyl/N-ethyl adjacent to an activating group) is 1. The average molecular weight is 315 g/mol. The Morgan fingerprint density at radius 1 is 1.30 bits per heavy atom. The SMILES string of the molecule is CN(C)CCN1CCC(Nc2nc3ccccc3c(=O)[nH]2)CC1. The normalized spacial score (nSPS) is 17.0. The molecule has 1 aliphatic rings. The largest absolute Gasteiger partial charge is 0.353 e. The zero-order valence-corrected chi connectivity index (χ0v) is 13.9. The van der Waals surface area contributed by atoms with E-state index < -0.39 is 0 Å². The Kier molecular flexibility index (Phi) is 4.93. The number of aromatic nitrogens is 2. The molecule has 1 aromatic carbocycles. The summed E-state index contributed by atoms with van der Waals surface area (Å²) in [5.41, 5.74) is 0.656. The van der Waals surface area contributed by atoms with Crippen molar-refractivity contribution in [2.45, 2.75) is 18.9 Å². The molecule has 0 spiro atoms. The molecule has 0 atom stereocenters. The standard InChI is InChI=1S/C17H25N5O/c1-21(2)11-12-22-9-7-13(8-10-22)18-17-19-15-6-4-3-5-14(15)16(23)20-17/h3-6,13H,7-12H2,1-2H3,(H2,18,19,20,23). The van der Waals surface area contributed by atoms with Gasteiger partial charge in [-0.2, -0.15) is 0 Å². The highest BCUT2D eigenvalue weighted by atomic mass is 16.1. The molecule has 0 bridgehead atoms. The summed E-state index contributed by atoms with van der Waals surface area (Å²) in [6.07, 6.45) is 2.15. The van der Waals surface area contributed by atoms with E-state index in [0.29, 0.717) is 17.4 Å². The van der Waals surface area contributed by atoms with Gasteiger partial charge in [0.15, 0.2) is 0 Å². The van der Waals surface area contributed by atoms with Gasteiger partial charge in [0.05, 0.1) is 10.9 Å². The maximum Gasteiger partial charge on any atom is 0.260 e. The first-order valence-corrected chi connectivity index (χ1v) is 8.24. The minimum atomic E-state index is -0.0819. The Balaban J connectivity index is 1.60. The number of aromatic amines is 1. The summed E-state index contributed by atoms with van der Waals surface area (Å²) in [5, 5.41) is 4.03. The number of H-pyrrole nitrogens is 1. The molecule has 6 nitrogen and oxygen atoms in total. The topological polar surface area (TPSA) is 64.3 Å². The van der Waals surface area contributed by atoms with Crippen molar-refractivity contribution in [1.82, 2.24) is 19.8 Å². The minimum absolute atomic E-state index is 0.0819. The summed E-state index contributed by atoms with van der Waals surface area (Å²) in [6.45, 7) is 4.38. The Labute approximate surface area is 136 Å². The lowest BCUT2D eigenvalue weighted by Crippen LogP contribution is -2.42. The first-order chi connectivity index (χ1) is 11.1. The van der Waals surface area contributed by atoms with E-state index in [-0.39, 0.29) is 5.56 Å². The van der Waals surface area contributed by atoms with Crippen molar-refractivity contribution >= 4 is 16.9 Å². The summed E-state index contributed by atoms with van der Waals surface area (Å²) < 4.78 is 0. The molecule has 2 aromatic rings. The summed E-state index contributed by atoms with van der Waals surface area (Å²) in [4.78, 5) is 24.2. The zero-order chi connectivity index (χ0) is 16.2. The van der Waals surface area contributed by atoms with Crippen LogP contribution in [0.4, 0.5) is 5.95 Å². The van der Waals surface area contributed by atoms with Crippen molar-refractivity contribution in [3.8, 4) is 0 Å². The second kappa shape index (κ2) is 7.10. The molecule has 2 heterocycles. The third kappa shape index (κ3) is 4.09. The fourth-order valence-electron chi connectivity index (χ4n) is 2.99. The van der Waals surface area contributed by atoms with Crippen LogP contribution in [-0.4, -0.2) is 66.1 Å². The number of hydrogen-bond acceptors (Lipinski definition) is 5. The molecule has 1 fully saturated rings. The molecule has 0 unspecified atom stereocenters. The molecule has 23 heavy (non-hydrogen) atoms. The highest BCUT2D eigenvalue weighted by molar-refractivity contribution is 5.78. The van der Waals surface area contributed by atoms with Gasteiger partial charge in [0.2, 0.25) is 5.95 Å². The third-order valence-electron chi connectivity index (χ3n) is 4.40. The first-order valence-electron chi connectivity index (χ1n) is 8.24. The van der Waals surface area contributed by atoms with Crippen molar-refractivity contribution in [2.24, 2.45) is 0 Å². The van der Waals surface area contributed by atoms with E-state index in [2.05, 4.69) is 39.2 Å². The molecule has 0 saturated carbocycles. The lowest BCUT2D eigenvalue weighted by Gasteiger charge is -2.33. The van der Waals surface area contributed by atoms with E-state index in [1.165, 1.54) is 0 Å².